The van der Waals surface area contributed by atoms with Crippen molar-refractivity contribution in [3.63, 3.8) is 0 Å². The monoisotopic (exact) mass is 388 g/mol. The van der Waals surface area contributed by atoms with E-state index in [0.717, 1.165) is 18.4 Å². The maximum Gasteiger partial charge on any atom is 0.302 e. The lowest BCUT2D eigenvalue weighted by molar-refractivity contribution is -0.139. The molecule has 3 saturated carbocycles. The summed E-state index contributed by atoms with van der Waals surface area (Å²) in [6.07, 6.45) is 8.03. The number of alkyl halides is 1. The molecule has 5 heteroatoms. The highest BCUT2D eigenvalue weighted by Crippen LogP contribution is 2.66. The van der Waals surface area contributed by atoms with E-state index in [1.165, 1.54) is 6.92 Å². The van der Waals surface area contributed by atoms with Crippen LogP contribution in [0.25, 0.3) is 0 Å². The Kier molecular flexibility index (Phi) is 4.65. The predicted molar refractivity (Wildman–Crippen MR) is 103 cm³/mol. The van der Waals surface area contributed by atoms with Crippen molar-refractivity contribution in [1.29, 1.82) is 0 Å². The molecule has 4 aliphatic rings. The zero-order valence-corrected chi connectivity index (χ0v) is 16.8. The van der Waals surface area contributed by atoms with Crippen LogP contribution in [-0.4, -0.2) is 35.7 Å². The zero-order valence-electron chi connectivity index (χ0n) is 16.8. The van der Waals surface area contributed by atoms with E-state index in [1.54, 1.807) is 18.2 Å². The van der Waals surface area contributed by atoms with E-state index in [-0.39, 0.29) is 41.5 Å². The summed E-state index contributed by atoms with van der Waals surface area (Å²) in [7, 11) is 0. The minimum Gasteiger partial charge on any atom is -0.462 e. The molecule has 0 aromatic rings. The Morgan fingerprint density at radius 1 is 1.43 bits per heavy atom. The van der Waals surface area contributed by atoms with E-state index in [2.05, 4.69) is 13.8 Å². The molecule has 0 heterocycles. The number of rotatable bonds is 2. The summed E-state index contributed by atoms with van der Waals surface area (Å²) in [5, 5.41) is 11.2. The van der Waals surface area contributed by atoms with Crippen molar-refractivity contribution in [2.45, 2.75) is 58.7 Å². The molecule has 0 aromatic heterocycles. The highest BCUT2D eigenvalue weighted by molar-refractivity contribution is 6.01. The second-order valence-corrected chi connectivity index (χ2v) is 9.38. The molecule has 3 fully saturated rings. The molecule has 0 bridgehead atoms. The Bertz CT molecular complexity index is 796. The second kappa shape index (κ2) is 6.65. The summed E-state index contributed by atoms with van der Waals surface area (Å²) in [4.78, 5) is 22.9. The molecule has 4 rings (SSSR count). The van der Waals surface area contributed by atoms with Gasteiger partial charge in [0, 0.05) is 18.3 Å². The molecule has 7 atom stereocenters. The Morgan fingerprint density at radius 2 is 2.18 bits per heavy atom. The van der Waals surface area contributed by atoms with Gasteiger partial charge in [-0.15, -0.1) is 0 Å². The van der Waals surface area contributed by atoms with Crippen molar-refractivity contribution in [3.05, 3.63) is 35.5 Å². The van der Waals surface area contributed by atoms with Crippen LogP contribution in [0.3, 0.4) is 0 Å². The molecule has 1 N–H and O–H groups in total. The fraction of sp³-hybridized carbons (Fsp3) is 0.652. The Morgan fingerprint density at radius 3 is 2.89 bits per heavy atom. The molecule has 0 saturated heterocycles. The number of esters is 1. The van der Waals surface area contributed by atoms with Crippen LogP contribution in [0.2, 0.25) is 0 Å². The van der Waals surface area contributed by atoms with Gasteiger partial charge in [-0.25, -0.2) is 4.39 Å². The summed E-state index contributed by atoms with van der Waals surface area (Å²) in [6, 6.07) is 0. The van der Waals surface area contributed by atoms with E-state index in [9.17, 15) is 14.7 Å². The number of ketones is 1. The van der Waals surface area contributed by atoms with Gasteiger partial charge in [-0.05, 0) is 66.7 Å². The summed E-state index contributed by atoms with van der Waals surface area (Å²) >= 11 is 0. The van der Waals surface area contributed by atoms with Gasteiger partial charge in [-0.2, -0.15) is 0 Å². The lowest BCUT2D eigenvalue weighted by Crippen LogP contribution is -2.55. The van der Waals surface area contributed by atoms with Crippen molar-refractivity contribution in [2.75, 3.05) is 6.61 Å². The summed E-state index contributed by atoms with van der Waals surface area (Å²) in [5.41, 5.74) is 1.01. The number of hydrogen-bond donors (Lipinski definition) is 1. The first-order valence-electron chi connectivity index (χ1n) is 10.3. The molecule has 0 aliphatic heterocycles. The van der Waals surface area contributed by atoms with Crippen LogP contribution >= 0.6 is 0 Å². The maximum absolute atomic E-state index is 15.1. The third kappa shape index (κ3) is 2.81. The smallest absolute Gasteiger partial charge is 0.302 e. The molecule has 0 unspecified atom stereocenters. The second-order valence-electron chi connectivity index (χ2n) is 9.38. The molecule has 0 radical (unpaired) electrons. The topological polar surface area (TPSA) is 63.6 Å². The maximum atomic E-state index is 15.1. The molecule has 152 valence electrons. The number of hydrogen-bond acceptors (Lipinski definition) is 4. The predicted octanol–water partition coefficient (Wildman–Crippen LogP) is 3.70. The highest BCUT2D eigenvalue weighted by Gasteiger charge is 2.62. The lowest BCUT2D eigenvalue weighted by Gasteiger charge is -2.58. The third-order valence-corrected chi connectivity index (χ3v) is 7.93. The van der Waals surface area contributed by atoms with Crippen molar-refractivity contribution in [3.8, 4) is 0 Å². The molecule has 28 heavy (non-hydrogen) atoms. The van der Waals surface area contributed by atoms with Crippen molar-refractivity contribution in [1.82, 2.24) is 0 Å². The molecular weight excluding hydrogens is 359 g/mol. The Labute approximate surface area is 165 Å². The molecule has 0 amide bonds. The van der Waals surface area contributed by atoms with Crippen molar-refractivity contribution in [2.24, 2.45) is 28.6 Å². The van der Waals surface area contributed by atoms with E-state index in [1.807, 2.05) is 6.08 Å². The van der Waals surface area contributed by atoms with E-state index >= 15 is 4.39 Å². The van der Waals surface area contributed by atoms with Gasteiger partial charge in [0.15, 0.2) is 5.78 Å². The molecule has 0 spiro atoms. The van der Waals surface area contributed by atoms with Crippen LogP contribution in [0.1, 0.15) is 46.5 Å². The van der Waals surface area contributed by atoms with Crippen LogP contribution in [-0.2, 0) is 14.3 Å². The van der Waals surface area contributed by atoms with Crippen LogP contribution < -0.4 is 0 Å². The average molecular weight is 388 g/mol. The number of aliphatic hydroxyl groups excluding tert-OH is 1. The van der Waals surface area contributed by atoms with Crippen molar-refractivity contribution < 1.29 is 23.8 Å². The van der Waals surface area contributed by atoms with E-state index in [0.29, 0.717) is 18.4 Å². The number of allylic oxidation sites excluding steroid dienone is 5. The van der Waals surface area contributed by atoms with Gasteiger partial charge < -0.3 is 9.84 Å². The van der Waals surface area contributed by atoms with Gasteiger partial charge in [0.2, 0.25) is 0 Å². The van der Waals surface area contributed by atoms with E-state index < -0.39 is 17.7 Å². The third-order valence-electron chi connectivity index (χ3n) is 7.93. The number of ether oxygens (including phenoxy) is 1. The SMILES string of the molecule is CC(=O)OC/C=C1\[C@H](F)C[C@@H]2[C@@H]3CCC4=CC(=O)C=C[C@]4(C)[C@@H]3[C@H](O)C[C@]12C. The number of aliphatic hydroxyl groups is 1. The number of halogens is 1. The van der Waals surface area contributed by atoms with Gasteiger partial charge in [0.05, 0.1) is 6.10 Å². The van der Waals surface area contributed by atoms with Gasteiger partial charge in [0.1, 0.15) is 12.8 Å². The van der Waals surface area contributed by atoms with Gasteiger partial charge in [-0.3, -0.25) is 9.59 Å². The number of carbonyl (C=O) groups is 2. The number of carbonyl (C=O) groups excluding carboxylic acids is 2. The summed E-state index contributed by atoms with van der Waals surface area (Å²) in [6.45, 7) is 5.59. The highest BCUT2D eigenvalue weighted by atomic mass is 19.1. The fourth-order valence-electron chi connectivity index (χ4n) is 6.76. The largest absolute Gasteiger partial charge is 0.462 e. The quantitative estimate of drug-likeness (QED) is 0.579. The first kappa shape index (κ1) is 19.6. The van der Waals surface area contributed by atoms with Crippen molar-refractivity contribution >= 4 is 11.8 Å². The zero-order chi connectivity index (χ0) is 20.3. The first-order chi connectivity index (χ1) is 13.2. The lowest BCUT2D eigenvalue weighted by atomic mass is 9.47. The minimum atomic E-state index is -1.07. The first-order valence-corrected chi connectivity index (χ1v) is 10.3. The molecule has 4 aliphatic carbocycles. The molecular formula is C23H29FO4. The van der Waals surface area contributed by atoms with Crippen LogP contribution in [0, 0.1) is 28.6 Å². The average Bonchev–Trinajstić information content (AvgIpc) is 2.85. The molecule has 4 nitrogen and oxygen atoms in total. The van der Waals surface area contributed by atoms with Gasteiger partial charge >= 0.3 is 5.97 Å². The number of fused-ring (bicyclic) bond motifs is 5. The Hall–Kier alpha value is -1.75. The van der Waals surface area contributed by atoms with Crippen LogP contribution in [0.4, 0.5) is 4.39 Å². The van der Waals surface area contributed by atoms with Gasteiger partial charge in [-0.1, -0.05) is 25.5 Å². The Balaban J connectivity index is 1.67. The fourth-order valence-corrected chi connectivity index (χ4v) is 6.76. The summed E-state index contributed by atoms with van der Waals surface area (Å²) < 4.78 is 20.1. The standard InChI is InChI=1S/C23H29FO4/c1-13(25)28-9-7-17-19(24)11-18-16-5-4-14-10-15(26)6-8-22(14,2)21(16)20(27)12-23(17,18)3/h6-8,10,16,18-21,27H,4-5,9,11-12H2,1-3H3/b17-7+/t16-,18+,19+,20+,21-,22-,23+/m0/s1. The minimum absolute atomic E-state index is 0.00468. The van der Waals surface area contributed by atoms with Gasteiger partial charge in [0.25, 0.3) is 0 Å². The summed E-state index contributed by atoms with van der Waals surface area (Å²) in [5.74, 6) is -0.0271. The van der Waals surface area contributed by atoms with E-state index in [4.69, 9.17) is 4.74 Å². The normalized spacial score (nSPS) is 45.9. The van der Waals surface area contributed by atoms with Crippen LogP contribution in [0.5, 0.6) is 0 Å². The molecule has 0 aromatic carbocycles. The van der Waals surface area contributed by atoms with Crippen LogP contribution in [0.15, 0.2) is 35.5 Å².